The van der Waals surface area contributed by atoms with Gasteiger partial charge in [0, 0.05) is 63.2 Å². The fourth-order valence-electron chi connectivity index (χ4n) is 3.92. The molecular formula is C24H26N4O2. The van der Waals surface area contributed by atoms with E-state index >= 15 is 0 Å². The molecule has 1 saturated heterocycles. The minimum absolute atomic E-state index is 0.0845. The molecule has 0 saturated carbocycles. The zero-order chi connectivity index (χ0) is 21.1. The first kappa shape index (κ1) is 20.0. The van der Waals surface area contributed by atoms with Crippen molar-refractivity contribution in [1.82, 2.24) is 14.8 Å². The first-order valence-electron chi connectivity index (χ1n) is 10.2. The van der Waals surface area contributed by atoms with E-state index in [0.29, 0.717) is 0 Å². The maximum atomic E-state index is 11.6. The normalized spacial score (nSPS) is 14.7. The molecule has 1 aromatic heterocycles. The van der Waals surface area contributed by atoms with Crippen molar-refractivity contribution in [1.29, 1.82) is 0 Å². The van der Waals surface area contributed by atoms with Gasteiger partial charge in [0.2, 0.25) is 11.8 Å². The maximum Gasteiger partial charge on any atom is 0.221 e. The van der Waals surface area contributed by atoms with E-state index in [-0.39, 0.29) is 11.8 Å². The molecule has 0 bridgehead atoms. The quantitative estimate of drug-likeness (QED) is 0.725. The van der Waals surface area contributed by atoms with Crippen LogP contribution in [-0.4, -0.2) is 52.8 Å². The van der Waals surface area contributed by atoms with E-state index in [9.17, 15) is 9.59 Å². The summed E-state index contributed by atoms with van der Waals surface area (Å²) in [7, 11) is 0. The van der Waals surface area contributed by atoms with Crippen LogP contribution in [0.1, 0.15) is 19.4 Å². The Morgan fingerprint density at radius 3 is 2.33 bits per heavy atom. The number of fused-ring (bicyclic) bond motifs is 1. The monoisotopic (exact) mass is 402 g/mol. The van der Waals surface area contributed by atoms with Crippen LogP contribution in [0.15, 0.2) is 54.6 Å². The molecule has 0 radical (unpaired) electrons. The summed E-state index contributed by atoms with van der Waals surface area (Å²) in [5.74, 6) is 0.0627. The third-order valence-corrected chi connectivity index (χ3v) is 5.51. The largest absolute Gasteiger partial charge is 0.340 e. The molecule has 0 aliphatic carbocycles. The molecular weight excluding hydrogens is 376 g/mol. The number of rotatable bonds is 4. The first-order valence-corrected chi connectivity index (χ1v) is 10.2. The van der Waals surface area contributed by atoms with Gasteiger partial charge in [0.1, 0.15) is 0 Å². The number of carbonyl (C=O) groups excluding carboxylic acids is 2. The van der Waals surface area contributed by atoms with Gasteiger partial charge in [-0.05, 0) is 29.8 Å². The second-order valence-corrected chi connectivity index (χ2v) is 7.72. The summed E-state index contributed by atoms with van der Waals surface area (Å²) < 4.78 is 0. The fraction of sp³-hybridized carbons (Fsp3) is 0.292. The summed E-state index contributed by atoms with van der Waals surface area (Å²) in [6, 6.07) is 18.1. The maximum absolute atomic E-state index is 11.6. The van der Waals surface area contributed by atoms with Crippen LogP contribution < -0.4 is 5.32 Å². The molecule has 1 aliphatic rings. The Labute approximate surface area is 176 Å². The number of anilines is 1. The summed E-state index contributed by atoms with van der Waals surface area (Å²) in [5.41, 5.74) is 4.91. The number of pyridine rings is 1. The van der Waals surface area contributed by atoms with Crippen molar-refractivity contribution in [2.24, 2.45) is 0 Å². The molecule has 2 aromatic carbocycles. The Balaban J connectivity index is 1.61. The van der Waals surface area contributed by atoms with E-state index in [1.165, 1.54) is 12.5 Å². The number of para-hydroxylation sites is 1. The minimum atomic E-state index is -0.0845. The van der Waals surface area contributed by atoms with Gasteiger partial charge >= 0.3 is 0 Å². The Kier molecular flexibility index (Phi) is 5.77. The number of nitrogens with zero attached hydrogens (tertiary/aromatic N) is 3. The van der Waals surface area contributed by atoms with Gasteiger partial charge in [-0.15, -0.1) is 0 Å². The van der Waals surface area contributed by atoms with Crippen molar-refractivity contribution >= 4 is 28.4 Å². The predicted molar refractivity (Wildman–Crippen MR) is 119 cm³/mol. The molecule has 1 aliphatic heterocycles. The van der Waals surface area contributed by atoms with Crippen LogP contribution in [0, 0.1) is 0 Å². The van der Waals surface area contributed by atoms with E-state index in [1.807, 2.05) is 47.4 Å². The van der Waals surface area contributed by atoms with Gasteiger partial charge in [-0.2, -0.15) is 0 Å². The second-order valence-electron chi connectivity index (χ2n) is 7.72. The molecule has 6 heteroatoms. The van der Waals surface area contributed by atoms with Crippen LogP contribution in [-0.2, 0) is 16.1 Å². The van der Waals surface area contributed by atoms with Crippen molar-refractivity contribution in [3.63, 3.8) is 0 Å². The summed E-state index contributed by atoms with van der Waals surface area (Å²) in [6.07, 6.45) is 0. The van der Waals surface area contributed by atoms with Crippen molar-refractivity contribution in [2.75, 3.05) is 31.5 Å². The highest BCUT2D eigenvalue weighted by atomic mass is 16.2. The van der Waals surface area contributed by atoms with Gasteiger partial charge in [-0.25, -0.2) is 4.98 Å². The second kappa shape index (κ2) is 8.63. The molecule has 4 rings (SSSR count). The summed E-state index contributed by atoms with van der Waals surface area (Å²) >= 11 is 0. The van der Waals surface area contributed by atoms with Crippen LogP contribution in [0.5, 0.6) is 0 Å². The van der Waals surface area contributed by atoms with Gasteiger partial charge in [0.25, 0.3) is 0 Å². The van der Waals surface area contributed by atoms with Crippen molar-refractivity contribution < 1.29 is 9.59 Å². The van der Waals surface area contributed by atoms with E-state index in [2.05, 4.69) is 22.3 Å². The number of piperazine rings is 1. The molecule has 1 N–H and O–H groups in total. The van der Waals surface area contributed by atoms with Gasteiger partial charge in [0.15, 0.2) is 0 Å². The lowest BCUT2D eigenvalue weighted by Crippen LogP contribution is -2.47. The van der Waals surface area contributed by atoms with E-state index in [1.54, 1.807) is 6.92 Å². The zero-order valence-corrected chi connectivity index (χ0v) is 17.4. The lowest BCUT2D eigenvalue weighted by Gasteiger charge is -2.34. The number of nitrogens with one attached hydrogen (secondary N) is 1. The molecule has 30 heavy (non-hydrogen) atoms. The zero-order valence-electron chi connectivity index (χ0n) is 17.4. The topological polar surface area (TPSA) is 65.5 Å². The molecule has 0 unspecified atom stereocenters. The summed E-state index contributed by atoms with van der Waals surface area (Å²) in [6.45, 7) is 7.25. The number of carbonyl (C=O) groups is 2. The molecule has 0 atom stereocenters. The summed E-state index contributed by atoms with van der Waals surface area (Å²) in [4.78, 5) is 32.0. The fourth-order valence-corrected chi connectivity index (χ4v) is 3.92. The highest BCUT2D eigenvalue weighted by Gasteiger charge is 2.19. The van der Waals surface area contributed by atoms with Crippen molar-refractivity contribution in [3.05, 3.63) is 60.2 Å². The number of benzene rings is 2. The van der Waals surface area contributed by atoms with Crippen LogP contribution in [0.3, 0.4) is 0 Å². The molecule has 2 amide bonds. The predicted octanol–water partition coefficient (Wildman–Crippen LogP) is 3.52. The Morgan fingerprint density at radius 1 is 0.967 bits per heavy atom. The molecule has 154 valence electrons. The van der Waals surface area contributed by atoms with Gasteiger partial charge in [0.05, 0.1) is 11.2 Å². The lowest BCUT2D eigenvalue weighted by molar-refractivity contribution is -0.130. The molecule has 6 nitrogen and oxygen atoms in total. The third-order valence-electron chi connectivity index (χ3n) is 5.51. The first-order chi connectivity index (χ1) is 14.5. The van der Waals surface area contributed by atoms with Crippen LogP contribution >= 0.6 is 0 Å². The van der Waals surface area contributed by atoms with Gasteiger partial charge < -0.3 is 10.2 Å². The Morgan fingerprint density at radius 2 is 1.67 bits per heavy atom. The van der Waals surface area contributed by atoms with Gasteiger partial charge in [-0.1, -0.05) is 30.3 Å². The minimum Gasteiger partial charge on any atom is -0.340 e. The van der Waals surface area contributed by atoms with Crippen LogP contribution in [0.4, 0.5) is 5.69 Å². The number of hydrogen-bond acceptors (Lipinski definition) is 4. The summed E-state index contributed by atoms with van der Waals surface area (Å²) in [5, 5.41) is 3.95. The molecule has 2 heterocycles. The average Bonchev–Trinajstić information content (AvgIpc) is 2.74. The van der Waals surface area contributed by atoms with Crippen molar-refractivity contribution in [2.45, 2.75) is 20.4 Å². The molecule has 1 fully saturated rings. The van der Waals surface area contributed by atoms with E-state index in [4.69, 9.17) is 4.98 Å². The smallest absolute Gasteiger partial charge is 0.221 e. The number of hydrogen-bond donors (Lipinski definition) is 1. The molecule has 3 aromatic rings. The standard InChI is InChI=1S/C24H26N4O2/c1-17(29)25-21-9-7-19(8-10-21)24-15-20(22-5-3-4-6-23(22)26-24)16-27-11-13-28(14-12-27)18(2)30/h3-10,15H,11-14,16H2,1-2H3,(H,25,29). The third kappa shape index (κ3) is 4.49. The van der Waals surface area contributed by atoms with Crippen LogP contribution in [0.25, 0.3) is 22.2 Å². The number of amides is 2. The highest BCUT2D eigenvalue weighted by Crippen LogP contribution is 2.27. The Hall–Kier alpha value is -3.25. The lowest BCUT2D eigenvalue weighted by atomic mass is 10.0. The Bertz CT molecular complexity index is 1070. The van der Waals surface area contributed by atoms with Gasteiger partial charge in [-0.3, -0.25) is 14.5 Å². The highest BCUT2D eigenvalue weighted by molar-refractivity contribution is 5.89. The average molecular weight is 402 g/mol. The molecule has 0 spiro atoms. The van der Waals surface area contributed by atoms with Crippen LogP contribution in [0.2, 0.25) is 0 Å². The number of aromatic nitrogens is 1. The van der Waals surface area contributed by atoms with E-state index < -0.39 is 0 Å². The van der Waals surface area contributed by atoms with Crippen molar-refractivity contribution in [3.8, 4) is 11.3 Å². The SMILES string of the molecule is CC(=O)Nc1ccc(-c2cc(CN3CCN(C(C)=O)CC3)c3ccccc3n2)cc1. The van der Waals surface area contributed by atoms with E-state index in [0.717, 1.165) is 60.6 Å².